The van der Waals surface area contributed by atoms with Crippen LogP contribution in [0.15, 0.2) is 23.8 Å². The van der Waals surface area contributed by atoms with Gasteiger partial charge in [-0.15, -0.1) is 0 Å². The highest BCUT2D eigenvalue weighted by Gasteiger charge is 2.14. The SMILES string of the molecule is C=C(C)[C@@H]1CC=C(COC=O)CC1. The van der Waals surface area contributed by atoms with E-state index in [0.29, 0.717) is 19.0 Å². The summed E-state index contributed by atoms with van der Waals surface area (Å²) in [7, 11) is 0. The van der Waals surface area contributed by atoms with Gasteiger partial charge in [-0.3, -0.25) is 4.79 Å². The first-order chi connectivity index (χ1) is 6.24. The molecule has 0 bridgehead atoms. The van der Waals surface area contributed by atoms with Gasteiger partial charge in [0.1, 0.15) is 6.61 Å². The standard InChI is InChI=1S/C11H16O2/c1-9(2)11-5-3-10(4-6-11)7-13-8-12/h3,8,11H,1,4-7H2,2H3/t11-/m1/s1. The zero-order valence-electron chi connectivity index (χ0n) is 8.08. The molecular weight excluding hydrogens is 164 g/mol. The molecule has 0 aromatic carbocycles. The van der Waals surface area contributed by atoms with Crippen molar-refractivity contribution < 1.29 is 9.53 Å². The molecule has 1 rings (SSSR count). The van der Waals surface area contributed by atoms with E-state index in [1.807, 2.05) is 0 Å². The van der Waals surface area contributed by atoms with Gasteiger partial charge < -0.3 is 4.74 Å². The Labute approximate surface area is 79.3 Å². The summed E-state index contributed by atoms with van der Waals surface area (Å²) in [5.41, 5.74) is 2.50. The smallest absolute Gasteiger partial charge is 0.293 e. The van der Waals surface area contributed by atoms with Gasteiger partial charge in [-0.25, -0.2) is 0 Å². The zero-order valence-corrected chi connectivity index (χ0v) is 8.08. The van der Waals surface area contributed by atoms with E-state index in [1.54, 1.807) is 0 Å². The second kappa shape index (κ2) is 4.85. The Morgan fingerprint density at radius 3 is 3.08 bits per heavy atom. The number of carbonyl (C=O) groups excluding carboxylic acids is 1. The van der Waals surface area contributed by atoms with Gasteiger partial charge in [-0.1, -0.05) is 18.2 Å². The lowest BCUT2D eigenvalue weighted by atomic mass is 9.86. The van der Waals surface area contributed by atoms with E-state index in [0.717, 1.165) is 19.3 Å². The van der Waals surface area contributed by atoms with Gasteiger partial charge in [0.2, 0.25) is 0 Å². The lowest BCUT2D eigenvalue weighted by Gasteiger charge is -2.21. The summed E-state index contributed by atoms with van der Waals surface area (Å²) in [5.74, 6) is 0.625. The highest BCUT2D eigenvalue weighted by molar-refractivity contribution is 5.37. The molecule has 72 valence electrons. The van der Waals surface area contributed by atoms with Crippen LogP contribution in [-0.2, 0) is 9.53 Å². The minimum absolute atomic E-state index is 0.465. The van der Waals surface area contributed by atoms with E-state index in [2.05, 4.69) is 19.6 Å². The van der Waals surface area contributed by atoms with Crippen LogP contribution >= 0.6 is 0 Å². The molecule has 0 unspecified atom stereocenters. The first-order valence-electron chi connectivity index (χ1n) is 4.62. The molecule has 0 spiro atoms. The van der Waals surface area contributed by atoms with Crippen LogP contribution in [0, 0.1) is 5.92 Å². The second-order valence-electron chi connectivity index (χ2n) is 3.59. The quantitative estimate of drug-likeness (QED) is 0.490. The summed E-state index contributed by atoms with van der Waals surface area (Å²) >= 11 is 0. The van der Waals surface area contributed by atoms with E-state index in [1.165, 1.54) is 11.1 Å². The average molecular weight is 180 g/mol. The van der Waals surface area contributed by atoms with Crippen molar-refractivity contribution in [1.82, 2.24) is 0 Å². The van der Waals surface area contributed by atoms with Gasteiger partial charge in [0.05, 0.1) is 0 Å². The Kier molecular flexibility index (Phi) is 3.74. The molecule has 0 heterocycles. The molecule has 0 aromatic rings. The van der Waals surface area contributed by atoms with E-state index >= 15 is 0 Å². The molecule has 13 heavy (non-hydrogen) atoms. The Balaban J connectivity index is 2.38. The molecule has 0 N–H and O–H groups in total. The van der Waals surface area contributed by atoms with Gasteiger partial charge in [0, 0.05) is 0 Å². The van der Waals surface area contributed by atoms with Crippen molar-refractivity contribution in [1.29, 1.82) is 0 Å². The van der Waals surface area contributed by atoms with E-state index in [-0.39, 0.29) is 0 Å². The van der Waals surface area contributed by atoms with Gasteiger partial charge in [-0.2, -0.15) is 0 Å². The highest BCUT2D eigenvalue weighted by atomic mass is 16.5. The summed E-state index contributed by atoms with van der Waals surface area (Å²) in [5, 5.41) is 0. The first kappa shape index (κ1) is 10.0. The number of hydrogen-bond acceptors (Lipinski definition) is 2. The lowest BCUT2D eigenvalue weighted by molar-refractivity contribution is -0.127. The molecular formula is C11H16O2. The Morgan fingerprint density at radius 2 is 2.62 bits per heavy atom. The molecule has 0 amide bonds. The van der Waals surface area contributed by atoms with Crippen molar-refractivity contribution in [3.05, 3.63) is 23.8 Å². The van der Waals surface area contributed by atoms with Crippen LogP contribution in [0.4, 0.5) is 0 Å². The molecule has 0 aliphatic heterocycles. The fraction of sp³-hybridized carbons (Fsp3) is 0.545. The maximum Gasteiger partial charge on any atom is 0.293 e. The fourth-order valence-electron chi connectivity index (χ4n) is 1.61. The molecule has 0 radical (unpaired) electrons. The number of ether oxygens (including phenoxy) is 1. The summed E-state index contributed by atoms with van der Waals surface area (Å²) in [6, 6.07) is 0. The summed E-state index contributed by atoms with van der Waals surface area (Å²) < 4.78 is 4.70. The minimum atomic E-state index is 0.465. The molecule has 1 aliphatic rings. The van der Waals surface area contributed by atoms with Crippen LogP contribution in [0.2, 0.25) is 0 Å². The zero-order chi connectivity index (χ0) is 9.68. The normalized spacial score (nSPS) is 21.9. The monoisotopic (exact) mass is 180 g/mol. The molecule has 2 heteroatoms. The first-order valence-corrected chi connectivity index (χ1v) is 4.62. The highest BCUT2D eigenvalue weighted by Crippen LogP contribution is 2.27. The van der Waals surface area contributed by atoms with Gasteiger partial charge in [-0.05, 0) is 37.7 Å². The van der Waals surface area contributed by atoms with Crippen molar-refractivity contribution in [2.24, 2.45) is 5.92 Å². The third-order valence-electron chi connectivity index (χ3n) is 2.54. The van der Waals surface area contributed by atoms with Crippen molar-refractivity contribution in [3.63, 3.8) is 0 Å². The third-order valence-corrected chi connectivity index (χ3v) is 2.54. The topological polar surface area (TPSA) is 26.3 Å². The van der Waals surface area contributed by atoms with Crippen LogP contribution in [-0.4, -0.2) is 13.1 Å². The number of hydrogen-bond donors (Lipinski definition) is 0. The van der Waals surface area contributed by atoms with Gasteiger partial charge in [0.15, 0.2) is 0 Å². The molecule has 1 aliphatic carbocycles. The predicted octanol–water partition coefficient (Wildman–Crippen LogP) is 2.46. The predicted molar refractivity (Wildman–Crippen MR) is 52.3 cm³/mol. The minimum Gasteiger partial charge on any atom is -0.463 e. The largest absolute Gasteiger partial charge is 0.463 e. The summed E-state index contributed by atoms with van der Waals surface area (Å²) in [6.45, 7) is 6.99. The van der Waals surface area contributed by atoms with E-state index < -0.39 is 0 Å². The average Bonchev–Trinajstić information content (AvgIpc) is 2.15. The van der Waals surface area contributed by atoms with Crippen LogP contribution in [0.5, 0.6) is 0 Å². The molecule has 2 nitrogen and oxygen atoms in total. The molecule has 0 saturated heterocycles. The van der Waals surface area contributed by atoms with E-state index in [9.17, 15) is 4.79 Å². The molecule has 0 aromatic heterocycles. The molecule has 0 fully saturated rings. The number of carbonyl (C=O) groups is 1. The van der Waals surface area contributed by atoms with Crippen LogP contribution in [0.3, 0.4) is 0 Å². The van der Waals surface area contributed by atoms with Gasteiger partial charge >= 0.3 is 0 Å². The van der Waals surface area contributed by atoms with Crippen molar-refractivity contribution >= 4 is 6.47 Å². The van der Waals surface area contributed by atoms with Crippen LogP contribution in [0.1, 0.15) is 26.2 Å². The number of rotatable bonds is 4. The number of allylic oxidation sites excluding steroid dienone is 2. The summed E-state index contributed by atoms with van der Waals surface area (Å²) in [4.78, 5) is 9.96. The molecule has 1 atom stereocenters. The second-order valence-corrected chi connectivity index (χ2v) is 3.59. The maximum atomic E-state index is 9.96. The Morgan fingerprint density at radius 1 is 1.85 bits per heavy atom. The van der Waals surface area contributed by atoms with E-state index in [4.69, 9.17) is 4.74 Å². The van der Waals surface area contributed by atoms with Crippen molar-refractivity contribution in [3.8, 4) is 0 Å². The molecule has 0 saturated carbocycles. The van der Waals surface area contributed by atoms with Crippen molar-refractivity contribution in [2.75, 3.05) is 6.61 Å². The Bertz CT molecular complexity index is 228. The third kappa shape index (κ3) is 3.05. The van der Waals surface area contributed by atoms with Crippen LogP contribution in [0.25, 0.3) is 0 Å². The van der Waals surface area contributed by atoms with Gasteiger partial charge in [0.25, 0.3) is 6.47 Å². The lowest BCUT2D eigenvalue weighted by Crippen LogP contribution is -2.09. The Hall–Kier alpha value is -1.05. The van der Waals surface area contributed by atoms with Crippen molar-refractivity contribution in [2.45, 2.75) is 26.2 Å². The van der Waals surface area contributed by atoms with Crippen LogP contribution < -0.4 is 0 Å². The summed E-state index contributed by atoms with van der Waals surface area (Å²) in [6.07, 6.45) is 5.40. The maximum absolute atomic E-state index is 9.96. The fourth-order valence-corrected chi connectivity index (χ4v) is 1.61.